The summed E-state index contributed by atoms with van der Waals surface area (Å²) in [7, 11) is -3.14. The molecule has 0 aromatic rings. The molecule has 6 heteroatoms. The summed E-state index contributed by atoms with van der Waals surface area (Å²) in [5, 5.41) is 2.86. The molecule has 0 spiro atoms. The van der Waals surface area contributed by atoms with E-state index in [9.17, 15) is 8.42 Å². The van der Waals surface area contributed by atoms with Crippen LogP contribution in [-0.4, -0.2) is 68.7 Å². The first-order chi connectivity index (χ1) is 9.02. The maximum Gasteiger partial charge on any atom is 0.218 e. The average Bonchev–Trinajstić information content (AvgIpc) is 2.40. The molecule has 1 aliphatic heterocycles. The molecular weight excluding hydrogens is 262 g/mol. The van der Waals surface area contributed by atoms with Gasteiger partial charge in [0, 0.05) is 32.7 Å². The normalized spacial score (nSPS) is 20.6. The zero-order valence-corrected chi connectivity index (χ0v) is 13.4. The van der Waals surface area contributed by atoms with Crippen LogP contribution in [0.1, 0.15) is 33.6 Å². The average molecular weight is 291 g/mol. The van der Waals surface area contributed by atoms with Crippen LogP contribution in [0.4, 0.5) is 0 Å². The summed E-state index contributed by atoms with van der Waals surface area (Å²) in [4.78, 5) is 2.34. The summed E-state index contributed by atoms with van der Waals surface area (Å²) in [6.45, 7) is 11.5. The van der Waals surface area contributed by atoms with E-state index < -0.39 is 10.0 Å². The summed E-state index contributed by atoms with van der Waals surface area (Å²) in [5.41, 5.74) is 0. The van der Waals surface area contributed by atoms with Crippen molar-refractivity contribution in [3.63, 3.8) is 0 Å². The Bertz CT molecular complexity index is 338. The van der Waals surface area contributed by atoms with Gasteiger partial charge in [0.05, 0.1) is 5.25 Å². The third kappa shape index (κ3) is 5.02. The molecule has 1 saturated heterocycles. The summed E-state index contributed by atoms with van der Waals surface area (Å²) in [6.07, 6.45) is 2.16. The molecule has 0 radical (unpaired) electrons. The summed E-state index contributed by atoms with van der Waals surface area (Å²) in [5.74, 6) is 0. The highest BCUT2D eigenvalue weighted by atomic mass is 32.2. The minimum Gasteiger partial charge on any atom is -0.315 e. The van der Waals surface area contributed by atoms with Crippen molar-refractivity contribution in [2.75, 3.05) is 45.8 Å². The van der Waals surface area contributed by atoms with Gasteiger partial charge in [0.15, 0.2) is 0 Å². The summed E-state index contributed by atoms with van der Waals surface area (Å²) >= 11 is 0. The number of hydrogen-bond donors (Lipinski definition) is 1. The molecule has 0 aliphatic carbocycles. The highest BCUT2D eigenvalue weighted by Gasteiger charge is 2.30. The number of piperazine rings is 1. The van der Waals surface area contributed by atoms with Crippen LogP contribution in [0.3, 0.4) is 0 Å². The summed E-state index contributed by atoms with van der Waals surface area (Å²) < 4.78 is 26.5. The topological polar surface area (TPSA) is 52.7 Å². The molecule has 1 N–H and O–H groups in total. The molecule has 0 bridgehead atoms. The molecule has 19 heavy (non-hydrogen) atoms. The Morgan fingerprint density at radius 3 is 2.26 bits per heavy atom. The van der Waals surface area contributed by atoms with Gasteiger partial charge in [-0.25, -0.2) is 8.42 Å². The third-order valence-corrected chi connectivity index (χ3v) is 5.87. The van der Waals surface area contributed by atoms with Crippen molar-refractivity contribution in [3.05, 3.63) is 0 Å². The van der Waals surface area contributed by atoms with Crippen molar-refractivity contribution >= 4 is 10.0 Å². The molecule has 0 amide bonds. The number of hydrogen-bond acceptors (Lipinski definition) is 4. The summed E-state index contributed by atoms with van der Waals surface area (Å²) in [6, 6.07) is 0. The number of sulfonamides is 1. The molecule has 114 valence electrons. The van der Waals surface area contributed by atoms with Gasteiger partial charge in [-0.05, 0) is 32.9 Å². The lowest BCUT2D eigenvalue weighted by atomic mass is 10.3. The van der Waals surface area contributed by atoms with Crippen LogP contribution in [0, 0.1) is 0 Å². The van der Waals surface area contributed by atoms with Gasteiger partial charge in [-0.15, -0.1) is 0 Å². The zero-order valence-electron chi connectivity index (χ0n) is 12.6. The fourth-order valence-electron chi connectivity index (χ4n) is 2.37. The molecule has 1 rings (SSSR count). The van der Waals surface area contributed by atoms with Crippen LogP contribution < -0.4 is 5.32 Å². The van der Waals surface area contributed by atoms with Crippen LogP contribution >= 0.6 is 0 Å². The number of nitrogens with one attached hydrogen (secondary N) is 1. The van der Waals surface area contributed by atoms with Crippen LogP contribution in [-0.2, 0) is 10.0 Å². The van der Waals surface area contributed by atoms with E-state index in [0.29, 0.717) is 19.6 Å². The van der Waals surface area contributed by atoms with E-state index in [1.807, 2.05) is 0 Å². The zero-order chi connectivity index (χ0) is 14.3. The minimum atomic E-state index is -3.14. The van der Waals surface area contributed by atoms with Crippen molar-refractivity contribution in [1.82, 2.24) is 14.5 Å². The second-order valence-electron chi connectivity index (χ2n) is 5.30. The molecule has 0 aromatic heterocycles. The van der Waals surface area contributed by atoms with Gasteiger partial charge in [0.25, 0.3) is 0 Å². The van der Waals surface area contributed by atoms with Crippen LogP contribution in [0.15, 0.2) is 0 Å². The van der Waals surface area contributed by atoms with E-state index in [-0.39, 0.29) is 5.25 Å². The van der Waals surface area contributed by atoms with Crippen LogP contribution in [0.25, 0.3) is 0 Å². The SMILES string of the molecule is CCCNCC(C)S(=O)(=O)N1CCN(CCC)CC1. The molecule has 1 atom stereocenters. The van der Waals surface area contributed by atoms with Crippen molar-refractivity contribution in [2.45, 2.75) is 38.9 Å². The van der Waals surface area contributed by atoms with E-state index in [1.54, 1.807) is 11.2 Å². The monoisotopic (exact) mass is 291 g/mol. The van der Waals surface area contributed by atoms with E-state index in [2.05, 4.69) is 24.1 Å². The second kappa shape index (κ2) is 8.19. The van der Waals surface area contributed by atoms with Crippen molar-refractivity contribution in [1.29, 1.82) is 0 Å². The van der Waals surface area contributed by atoms with Gasteiger partial charge < -0.3 is 10.2 Å². The van der Waals surface area contributed by atoms with Gasteiger partial charge in [0.2, 0.25) is 10.0 Å². The molecular formula is C13H29N3O2S. The Hall–Kier alpha value is -0.170. The fraction of sp³-hybridized carbons (Fsp3) is 1.00. The van der Waals surface area contributed by atoms with E-state index in [1.165, 1.54) is 0 Å². The second-order valence-corrected chi connectivity index (χ2v) is 7.65. The lowest BCUT2D eigenvalue weighted by Crippen LogP contribution is -2.52. The lowest BCUT2D eigenvalue weighted by Gasteiger charge is -2.35. The Morgan fingerprint density at radius 2 is 1.74 bits per heavy atom. The molecule has 0 aromatic carbocycles. The molecule has 1 heterocycles. The van der Waals surface area contributed by atoms with Gasteiger partial charge >= 0.3 is 0 Å². The first-order valence-electron chi connectivity index (χ1n) is 7.44. The van der Waals surface area contributed by atoms with Gasteiger partial charge in [0.1, 0.15) is 0 Å². The van der Waals surface area contributed by atoms with Crippen molar-refractivity contribution in [3.8, 4) is 0 Å². The van der Waals surface area contributed by atoms with E-state index in [0.717, 1.165) is 39.0 Å². The Morgan fingerprint density at radius 1 is 1.11 bits per heavy atom. The first-order valence-corrected chi connectivity index (χ1v) is 8.94. The molecule has 5 nitrogen and oxygen atoms in total. The van der Waals surface area contributed by atoms with E-state index in [4.69, 9.17) is 0 Å². The van der Waals surface area contributed by atoms with E-state index >= 15 is 0 Å². The Balaban J connectivity index is 2.45. The lowest BCUT2D eigenvalue weighted by molar-refractivity contribution is 0.188. The Kier molecular flexibility index (Phi) is 7.28. The maximum absolute atomic E-state index is 12.4. The first kappa shape index (κ1) is 16.9. The maximum atomic E-state index is 12.4. The predicted molar refractivity (Wildman–Crippen MR) is 79.8 cm³/mol. The van der Waals surface area contributed by atoms with Crippen LogP contribution in [0.5, 0.6) is 0 Å². The highest BCUT2D eigenvalue weighted by Crippen LogP contribution is 2.12. The minimum absolute atomic E-state index is 0.336. The number of rotatable bonds is 8. The largest absolute Gasteiger partial charge is 0.315 e. The number of nitrogens with zero attached hydrogens (tertiary/aromatic N) is 2. The highest BCUT2D eigenvalue weighted by molar-refractivity contribution is 7.89. The fourth-order valence-corrected chi connectivity index (χ4v) is 3.88. The van der Waals surface area contributed by atoms with Gasteiger partial charge in [-0.3, -0.25) is 0 Å². The quantitative estimate of drug-likeness (QED) is 0.670. The molecule has 1 unspecified atom stereocenters. The van der Waals surface area contributed by atoms with Crippen LogP contribution in [0.2, 0.25) is 0 Å². The van der Waals surface area contributed by atoms with Gasteiger partial charge in [-0.1, -0.05) is 13.8 Å². The van der Waals surface area contributed by atoms with Crippen molar-refractivity contribution < 1.29 is 8.42 Å². The third-order valence-electron chi connectivity index (χ3n) is 3.60. The Labute approximate surface area is 118 Å². The molecule has 1 fully saturated rings. The molecule has 0 saturated carbocycles. The molecule has 1 aliphatic rings. The standard InChI is InChI=1S/C13H29N3O2S/c1-4-6-14-12-13(3)19(17,18)16-10-8-15(7-5-2)9-11-16/h13-14H,4-12H2,1-3H3. The smallest absolute Gasteiger partial charge is 0.218 e. The predicted octanol–water partition coefficient (Wildman–Crippen LogP) is 0.732. The van der Waals surface area contributed by atoms with Crippen molar-refractivity contribution in [2.24, 2.45) is 0 Å². The van der Waals surface area contributed by atoms with Gasteiger partial charge in [-0.2, -0.15) is 4.31 Å².